The van der Waals surface area contributed by atoms with Gasteiger partial charge in [0, 0.05) is 18.2 Å². The Bertz CT molecular complexity index is 642. The zero-order valence-electron chi connectivity index (χ0n) is 12.3. The average molecular weight is 281 g/mol. The third-order valence-electron chi connectivity index (χ3n) is 3.19. The molecule has 0 aliphatic heterocycles. The molecule has 0 amide bonds. The van der Waals surface area contributed by atoms with Gasteiger partial charge in [0.1, 0.15) is 12.4 Å². The molecule has 0 bridgehead atoms. The molecule has 0 saturated carbocycles. The summed E-state index contributed by atoms with van der Waals surface area (Å²) in [4.78, 5) is 4.33. The number of rotatable bonds is 5. The number of nitrogens with two attached hydrogens (primary N) is 1. The summed E-state index contributed by atoms with van der Waals surface area (Å²) in [5.74, 6) is 0.729. The smallest absolute Gasteiger partial charge is 0.138 e. The number of nitriles is 1. The van der Waals surface area contributed by atoms with Gasteiger partial charge >= 0.3 is 0 Å². The van der Waals surface area contributed by atoms with Gasteiger partial charge in [0.2, 0.25) is 0 Å². The van der Waals surface area contributed by atoms with Crippen molar-refractivity contribution in [3.05, 3.63) is 58.9 Å². The highest BCUT2D eigenvalue weighted by atomic mass is 16.5. The summed E-state index contributed by atoms with van der Waals surface area (Å²) in [6, 6.07) is 11.7. The Kier molecular flexibility index (Phi) is 4.91. The van der Waals surface area contributed by atoms with Crippen LogP contribution in [0.1, 0.15) is 29.3 Å². The highest BCUT2D eigenvalue weighted by molar-refractivity contribution is 5.37. The van der Waals surface area contributed by atoms with Gasteiger partial charge in [-0.3, -0.25) is 4.98 Å². The molecule has 21 heavy (non-hydrogen) atoms. The number of benzene rings is 1. The van der Waals surface area contributed by atoms with Crippen LogP contribution in [-0.2, 0) is 13.0 Å². The molecule has 0 fully saturated rings. The number of aryl methyl sites for hydroxylation is 1. The van der Waals surface area contributed by atoms with Crippen LogP contribution in [0.25, 0.3) is 0 Å². The molecule has 2 rings (SSSR count). The molecule has 0 radical (unpaired) electrons. The minimum Gasteiger partial charge on any atom is -0.487 e. The van der Waals surface area contributed by atoms with Crippen molar-refractivity contribution in [1.29, 1.82) is 5.26 Å². The van der Waals surface area contributed by atoms with Gasteiger partial charge in [-0.2, -0.15) is 5.26 Å². The lowest BCUT2D eigenvalue weighted by Crippen LogP contribution is -2.18. The summed E-state index contributed by atoms with van der Waals surface area (Å²) < 4.78 is 5.73. The predicted octanol–water partition coefficient (Wildman–Crippen LogP) is 2.73. The summed E-state index contributed by atoms with van der Waals surface area (Å²) in [5, 5.41) is 8.85. The molecule has 108 valence electrons. The first kappa shape index (κ1) is 15.0. The van der Waals surface area contributed by atoms with Crippen LogP contribution in [0.3, 0.4) is 0 Å². The molecular formula is C17H19N3O. The van der Waals surface area contributed by atoms with E-state index in [0.29, 0.717) is 12.2 Å². The van der Waals surface area contributed by atoms with Crippen LogP contribution in [-0.4, -0.2) is 11.0 Å². The lowest BCUT2D eigenvalue weighted by atomic mass is 10.1. The third kappa shape index (κ3) is 4.30. The fourth-order valence-electron chi connectivity index (χ4n) is 2.04. The van der Waals surface area contributed by atoms with Crippen molar-refractivity contribution >= 4 is 0 Å². The molecule has 1 aromatic heterocycles. The van der Waals surface area contributed by atoms with Crippen molar-refractivity contribution in [2.45, 2.75) is 32.9 Å². The van der Waals surface area contributed by atoms with E-state index in [0.717, 1.165) is 29.0 Å². The predicted molar refractivity (Wildman–Crippen MR) is 81.8 cm³/mol. The van der Waals surface area contributed by atoms with Crippen LogP contribution in [0.2, 0.25) is 0 Å². The Morgan fingerprint density at radius 3 is 2.71 bits per heavy atom. The second kappa shape index (κ2) is 6.87. The van der Waals surface area contributed by atoms with E-state index in [1.165, 1.54) is 0 Å². The first-order chi connectivity index (χ1) is 10.1. The summed E-state index contributed by atoms with van der Waals surface area (Å²) in [6.45, 7) is 4.40. The SMILES string of the molecule is Cc1cc(C#N)ccc1COc1ccc(CC(C)N)nc1. The van der Waals surface area contributed by atoms with Crippen LogP contribution >= 0.6 is 0 Å². The van der Waals surface area contributed by atoms with Gasteiger partial charge in [0.25, 0.3) is 0 Å². The Hall–Kier alpha value is -2.38. The minimum atomic E-state index is 0.102. The van der Waals surface area contributed by atoms with Gasteiger partial charge in [-0.15, -0.1) is 0 Å². The molecule has 0 saturated heterocycles. The monoisotopic (exact) mass is 281 g/mol. The fourth-order valence-corrected chi connectivity index (χ4v) is 2.04. The minimum absolute atomic E-state index is 0.102. The highest BCUT2D eigenvalue weighted by Crippen LogP contribution is 2.15. The molecule has 0 aliphatic rings. The maximum Gasteiger partial charge on any atom is 0.138 e. The molecule has 0 aliphatic carbocycles. The van der Waals surface area contributed by atoms with E-state index in [1.807, 2.05) is 38.1 Å². The molecule has 1 aromatic carbocycles. The van der Waals surface area contributed by atoms with Crippen molar-refractivity contribution in [3.8, 4) is 11.8 Å². The van der Waals surface area contributed by atoms with E-state index in [-0.39, 0.29) is 6.04 Å². The Morgan fingerprint density at radius 2 is 2.14 bits per heavy atom. The van der Waals surface area contributed by atoms with E-state index in [4.69, 9.17) is 15.7 Å². The normalized spacial score (nSPS) is 11.7. The molecule has 4 heteroatoms. The quantitative estimate of drug-likeness (QED) is 0.914. The van der Waals surface area contributed by atoms with Gasteiger partial charge in [-0.05, 0) is 49.2 Å². The van der Waals surface area contributed by atoms with E-state index in [1.54, 1.807) is 12.3 Å². The van der Waals surface area contributed by atoms with Crippen LogP contribution in [0.4, 0.5) is 0 Å². The zero-order valence-corrected chi connectivity index (χ0v) is 12.3. The van der Waals surface area contributed by atoms with Crippen molar-refractivity contribution in [1.82, 2.24) is 4.98 Å². The number of hydrogen-bond acceptors (Lipinski definition) is 4. The van der Waals surface area contributed by atoms with Crippen molar-refractivity contribution in [3.63, 3.8) is 0 Å². The van der Waals surface area contributed by atoms with E-state index < -0.39 is 0 Å². The van der Waals surface area contributed by atoms with E-state index in [2.05, 4.69) is 11.1 Å². The van der Waals surface area contributed by atoms with Crippen LogP contribution in [0.15, 0.2) is 36.5 Å². The third-order valence-corrected chi connectivity index (χ3v) is 3.19. The molecular weight excluding hydrogens is 262 g/mol. The molecule has 2 aromatic rings. The summed E-state index contributed by atoms with van der Waals surface area (Å²) in [6.07, 6.45) is 2.48. The van der Waals surface area contributed by atoms with Crippen LogP contribution in [0.5, 0.6) is 5.75 Å². The van der Waals surface area contributed by atoms with Crippen LogP contribution in [0, 0.1) is 18.3 Å². The standard InChI is InChI=1S/C17H19N3O/c1-12-7-14(9-18)3-4-15(12)11-21-17-6-5-16(20-10-17)8-13(2)19/h3-7,10,13H,8,11,19H2,1-2H3. The molecule has 4 nitrogen and oxygen atoms in total. The van der Waals surface area contributed by atoms with E-state index in [9.17, 15) is 0 Å². The van der Waals surface area contributed by atoms with Gasteiger partial charge in [-0.1, -0.05) is 6.07 Å². The number of aromatic nitrogens is 1. The largest absolute Gasteiger partial charge is 0.487 e. The fraction of sp³-hybridized carbons (Fsp3) is 0.294. The van der Waals surface area contributed by atoms with Gasteiger partial charge in [0.15, 0.2) is 0 Å². The summed E-state index contributed by atoms with van der Waals surface area (Å²) in [7, 11) is 0. The lowest BCUT2D eigenvalue weighted by molar-refractivity contribution is 0.304. The Balaban J connectivity index is 1.98. The number of nitrogens with zero attached hydrogens (tertiary/aromatic N) is 2. The molecule has 1 atom stereocenters. The number of hydrogen-bond donors (Lipinski definition) is 1. The topological polar surface area (TPSA) is 71.9 Å². The van der Waals surface area contributed by atoms with Crippen LogP contribution < -0.4 is 10.5 Å². The maximum absolute atomic E-state index is 8.85. The lowest BCUT2D eigenvalue weighted by Gasteiger charge is -2.10. The van der Waals surface area contributed by atoms with Crippen molar-refractivity contribution in [2.24, 2.45) is 5.73 Å². The van der Waals surface area contributed by atoms with Crippen molar-refractivity contribution in [2.75, 3.05) is 0 Å². The first-order valence-corrected chi connectivity index (χ1v) is 6.91. The number of ether oxygens (including phenoxy) is 1. The molecule has 1 unspecified atom stereocenters. The Labute approximate surface area is 125 Å². The van der Waals surface area contributed by atoms with Crippen molar-refractivity contribution < 1.29 is 4.74 Å². The van der Waals surface area contributed by atoms with E-state index >= 15 is 0 Å². The number of pyridine rings is 1. The first-order valence-electron chi connectivity index (χ1n) is 6.91. The van der Waals surface area contributed by atoms with Gasteiger partial charge in [-0.25, -0.2) is 0 Å². The summed E-state index contributed by atoms with van der Waals surface area (Å²) >= 11 is 0. The van der Waals surface area contributed by atoms with Gasteiger partial charge < -0.3 is 10.5 Å². The second-order valence-electron chi connectivity index (χ2n) is 5.21. The Morgan fingerprint density at radius 1 is 1.33 bits per heavy atom. The average Bonchev–Trinajstić information content (AvgIpc) is 2.47. The molecule has 1 heterocycles. The molecule has 0 spiro atoms. The highest BCUT2D eigenvalue weighted by Gasteiger charge is 2.03. The summed E-state index contributed by atoms with van der Waals surface area (Å²) in [5.41, 5.74) is 9.49. The maximum atomic E-state index is 8.85. The van der Waals surface area contributed by atoms with Gasteiger partial charge in [0.05, 0.1) is 17.8 Å². The second-order valence-corrected chi connectivity index (χ2v) is 5.21. The zero-order chi connectivity index (χ0) is 15.2. The molecule has 2 N–H and O–H groups in total.